The molecular weight excluding hydrogens is 296 g/mol. The molecule has 0 saturated carbocycles. The minimum atomic E-state index is -0.783. The van der Waals surface area contributed by atoms with Crippen molar-refractivity contribution in [2.75, 3.05) is 26.8 Å². The van der Waals surface area contributed by atoms with E-state index in [9.17, 15) is 9.59 Å². The number of hydrogen-bond donors (Lipinski definition) is 1. The van der Waals surface area contributed by atoms with E-state index in [2.05, 4.69) is 5.32 Å². The Morgan fingerprint density at radius 1 is 1.39 bits per heavy atom. The van der Waals surface area contributed by atoms with Gasteiger partial charge in [0.2, 0.25) is 5.91 Å². The summed E-state index contributed by atoms with van der Waals surface area (Å²) in [5.74, 6) is -0.672. The number of benzene rings is 1. The SMILES string of the molecule is COC(=O)C(NC(=O)CCN1CCCCO1)c1cccc(C)c1. The van der Waals surface area contributed by atoms with Crippen LogP contribution in [0.1, 0.15) is 36.4 Å². The molecular formula is C17H24N2O4. The standard InChI is InChI=1S/C17H24N2O4/c1-13-6-5-7-14(12-13)16(17(21)22-2)18-15(20)8-10-19-9-3-4-11-23-19/h5-7,12,16H,3-4,8-11H2,1-2H3,(H,18,20). The van der Waals surface area contributed by atoms with Gasteiger partial charge in [0.25, 0.3) is 0 Å². The zero-order valence-corrected chi connectivity index (χ0v) is 13.7. The van der Waals surface area contributed by atoms with Crippen LogP contribution in [0.5, 0.6) is 0 Å². The van der Waals surface area contributed by atoms with Crippen molar-refractivity contribution in [1.29, 1.82) is 0 Å². The molecule has 0 aliphatic carbocycles. The molecule has 1 amide bonds. The molecule has 1 heterocycles. The predicted octanol–water partition coefficient (Wildman–Crippen LogP) is 1.74. The average Bonchev–Trinajstić information content (AvgIpc) is 2.58. The molecule has 2 rings (SSSR count). The number of ether oxygens (including phenoxy) is 1. The number of hydrogen-bond acceptors (Lipinski definition) is 5. The van der Waals surface area contributed by atoms with Crippen LogP contribution in [0.4, 0.5) is 0 Å². The van der Waals surface area contributed by atoms with E-state index in [0.717, 1.165) is 30.5 Å². The van der Waals surface area contributed by atoms with Crippen LogP contribution in [0.15, 0.2) is 24.3 Å². The Hall–Kier alpha value is -1.92. The number of carbonyl (C=O) groups is 2. The second kappa shape index (κ2) is 8.64. The smallest absolute Gasteiger partial charge is 0.333 e. The zero-order valence-electron chi connectivity index (χ0n) is 13.7. The first-order valence-electron chi connectivity index (χ1n) is 7.92. The number of aryl methyl sites for hydroxylation is 1. The van der Waals surface area contributed by atoms with Crippen LogP contribution in [0, 0.1) is 6.92 Å². The Kier molecular flexibility index (Phi) is 6.55. The van der Waals surface area contributed by atoms with Crippen LogP contribution in [0.2, 0.25) is 0 Å². The molecule has 1 saturated heterocycles. The number of rotatable bonds is 6. The van der Waals surface area contributed by atoms with Gasteiger partial charge in [-0.1, -0.05) is 29.8 Å². The van der Waals surface area contributed by atoms with E-state index in [1.807, 2.05) is 36.3 Å². The van der Waals surface area contributed by atoms with Crippen LogP contribution in [0.25, 0.3) is 0 Å². The summed E-state index contributed by atoms with van der Waals surface area (Å²) in [5.41, 5.74) is 1.74. The molecule has 1 aromatic carbocycles. The van der Waals surface area contributed by atoms with Crippen LogP contribution < -0.4 is 5.32 Å². The molecule has 1 fully saturated rings. The van der Waals surface area contributed by atoms with Crippen molar-refractivity contribution in [2.24, 2.45) is 0 Å². The molecule has 1 aliphatic heterocycles. The Balaban J connectivity index is 1.94. The first kappa shape index (κ1) is 17.4. The number of methoxy groups -OCH3 is 1. The summed E-state index contributed by atoms with van der Waals surface area (Å²) in [6, 6.07) is 6.69. The lowest BCUT2D eigenvalue weighted by Crippen LogP contribution is -2.38. The Bertz CT molecular complexity index is 541. The maximum Gasteiger partial charge on any atom is 0.333 e. The van der Waals surface area contributed by atoms with Crippen molar-refractivity contribution in [3.8, 4) is 0 Å². The van der Waals surface area contributed by atoms with Crippen LogP contribution in [-0.4, -0.2) is 43.7 Å². The largest absolute Gasteiger partial charge is 0.467 e. The normalized spacial score (nSPS) is 16.6. The van der Waals surface area contributed by atoms with Crippen molar-refractivity contribution in [1.82, 2.24) is 10.4 Å². The Morgan fingerprint density at radius 3 is 2.87 bits per heavy atom. The van der Waals surface area contributed by atoms with E-state index >= 15 is 0 Å². The van der Waals surface area contributed by atoms with E-state index in [4.69, 9.17) is 9.57 Å². The molecule has 1 atom stereocenters. The maximum absolute atomic E-state index is 12.2. The summed E-state index contributed by atoms with van der Waals surface area (Å²) in [7, 11) is 1.32. The van der Waals surface area contributed by atoms with Gasteiger partial charge in [-0.05, 0) is 25.3 Å². The van der Waals surface area contributed by atoms with E-state index in [1.165, 1.54) is 7.11 Å². The van der Waals surface area contributed by atoms with E-state index < -0.39 is 12.0 Å². The molecule has 0 spiro atoms. The quantitative estimate of drug-likeness (QED) is 0.809. The molecule has 1 aromatic rings. The van der Waals surface area contributed by atoms with Gasteiger partial charge in [-0.2, -0.15) is 5.06 Å². The number of amides is 1. The Morgan fingerprint density at radius 2 is 2.22 bits per heavy atom. The number of nitrogens with one attached hydrogen (secondary N) is 1. The number of carbonyl (C=O) groups excluding carboxylic acids is 2. The third-order valence-electron chi connectivity index (χ3n) is 3.78. The lowest BCUT2D eigenvalue weighted by atomic mass is 10.0. The van der Waals surface area contributed by atoms with Crippen molar-refractivity contribution < 1.29 is 19.2 Å². The average molecular weight is 320 g/mol. The first-order valence-corrected chi connectivity index (χ1v) is 7.92. The highest BCUT2D eigenvalue weighted by molar-refractivity contribution is 5.85. The van der Waals surface area contributed by atoms with Gasteiger partial charge in [0.05, 0.1) is 13.7 Å². The van der Waals surface area contributed by atoms with Gasteiger partial charge in [-0.3, -0.25) is 9.63 Å². The van der Waals surface area contributed by atoms with Gasteiger partial charge in [0.15, 0.2) is 6.04 Å². The van der Waals surface area contributed by atoms with Gasteiger partial charge in [-0.25, -0.2) is 4.79 Å². The first-order chi connectivity index (χ1) is 11.1. The van der Waals surface area contributed by atoms with Gasteiger partial charge in [-0.15, -0.1) is 0 Å². The molecule has 0 bridgehead atoms. The highest BCUT2D eigenvalue weighted by Crippen LogP contribution is 2.16. The van der Waals surface area contributed by atoms with Crippen molar-refractivity contribution in [3.63, 3.8) is 0 Å². The van der Waals surface area contributed by atoms with E-state index in [1.54, 1.807) is 0 Å². The van der Waals surface area contributed by atoms with E-state index in [-0.39, 0.29) is 12.3 Å². The summed E-state index contributed by atoms with van der Waals surface area (Å²) in [5, 5.41) is 4.56. The molecule has 23 heavy (non-hydrogen) atoms. The highest BCUT2D eigenvalue weighted by atomic mass is 16.7. The van der Waals surface area contributed by atoms with Gasteiger partial charge >= 0.3 is 5.97 Å². The van der Waals surface area contributed by atoms with Crippen molar-refractivity contribution in [3.05, 3.63) is 35.4 Å². The number of esters is 1. The number of hydroxylamine groups is 2. The topological polar surface area (TPSA) is 67.9 Å². The molecule has 1 unspecified atom stereocenters. The molecule has 126 valence electrons. The predicted molar refractivity (Wildman–Crippen MR) is 85.5 cm³/mol. The fraction of sp³-hybridized carbons (Fsp3) is 0.529. The molecule has 1 aliphatic rings. The van der Waals surface area contributed by atoms with Crippen LogP contribution in [-0.2, 0) is 19.2 Å². The third-order valence-corrected chi connectivity index (χ3v) is 3.78. The van der Waals surface area contributed by atoms with Gasteiger partial charge in [0, 0.05) is 19.5 Å². The molecule has 1 N–H and O–H groups in total. The fourth-order valence-corrected chi connectivity index (χ4v) is 2.53. The molecule has 6 heteroatoms. The summed E-state index contributed by atoms with van der Waals surface area (Å²) >= 11 is 0. The van der Waals surface area contributed by atoms with Crippen molar-refractivity contribution in [2.45, 2.75) is 32.2 Å². The second-order valence-electron chi connectivity index (χ2n) is 5.66. The summed E-state index contributed by atoms with van der Waals surface area (Å²) in [4.78, 5) is 29.6. The summed E-state index contributed by atoms with van der Waals surface area (Å²) in [6.45, 7) is 4.00. The van der Waals surface area contributed by atoms with Gasteiger partial charge < -0.3 is 10.1 Å². The maximum atomic E-state index is 12.2. The molecule has 0 aromatic heterocycles. The minimum Gasteiger partial charge on any atom is -0.467 e. The highest BCUT2D eigenvalue weighted by Gasteiger charge is 2.24. The zero-order chi connectivity index (χ0) is 16.7. The third kappa shape index (κ3) is 5.33. The number of nitrogens with zero attached hydrogens (tertiary/aromatic N) is 1. The van der Waals surface area contributed by atoms with Crippen LogP contribution >= 0.6 is 0 Å². The van der Waals surface area contributed by atoms with E-state index in [0.29, 0.717) is 13.2 Å². The monoisotopic (exact) mass is 320 g/mol. The Labute approximate surface area is 136 Å². The molecule has 0 radical (unpaired) electrons. The summed E-state index contributed by atoms with van der Waals surface area (Å²) < 4.78 is 4.81. The lowest BCUT2D eigenvalue weighted by molar-refractivity contribution is -0.181. The van der Waals surface area contributed by atoms with Crippen molar-refractivity contribution >= 4 is 11.9 Å². The minimum absolute atomic E-state index is 0.198. The molecule has 6 nitrogen and oxygen atoms in total. The fourth-order valence-electron chi connectivity index (χ4n) is 2.53. The van der Waals surface area contributed by atoms with Crippen LogP contribution in [0.3, 0.4) is 0 Å². The summed E-state index contributed by atoms with van der Waals surface area (Å²) in [6.07, 6.45) is 2.41. The van der Waals surface area contributed by atoms with Gasteiger partial charge in [0.1, 0.15) is 0 Å². The lowest BCUT2D eigenvalue weighted by Gasteiger charge is -2.26. The second-order valence-corrected chi connectivity index (χ2v) is 5.66.